The number of hydrogen-bond donors (Lipinski definition) is 1. The van der Waals surface area contributed by atoms with E-state index < -0.39 is 0 Å². The van der Waals surface area contributed by atoms with Gasteiger partial charge in [-0.05, 0) is 55.4 Å². The zero-order chi connectivity index (χ0) is 22.7. The summed E-state index contributed by atoms with van der Waals surface area (Å²) in [4.78, 5) is 38.2. The van der Waals surface area contributed by atoms with Crippen molar-refractivity contribution in [2.45, 2.75) is 32.7 Å². The molecule has 32 heavy (non-hydrogen) atoms. The molecule has 2 fully saturated rings. The molecule has 2 aliphatic rings. The summed E-state index contributed by atoms with van der Waals surface area (Å²) in [6.45, 7) is 7.40. The van der Waals surface area contributed by atoms with Crippen LogP contribution in [0.3, 0.4) is 0 Å². The predicted molar refractivity (Wildman–Crippen MR) is 124 cm³/mol. The van der Waals surface area contributed by atoms with Crippen molar-refractivity contribution in [3.8, 4) is 0 Å². The number of ketones is 1. The quantitative estimate of drug-likeness (QED) is 0.512. The molecule has 1 saturated carbocycles. The van der Waals surface area contributed by atoms with Crippen LogP contribution in [-0.2, 0) is 11.3 Å². The van der Waals surface area contributed by atoms with Crippen molar-refractivity contribution < 1.29 is 9.59 Å². The summed E-state index contributed by atoms with van der Waals surface area (Å²) in [7, 11) is 0. The molecule has 0 bridgehead atoms. The highest BCUT2D eigenvalue weighted by molar-refractivity contribution is 5.95. The molecule has 1 aliphatic heterocycles. The van der Waals surface area contributed by atoms with Gasteiger partial charge in [-0.15, -0.1) is 0 Å². The monoisotopic (exact) mass is 432 g/mol. The molecule has 1 unspecified atom stereocenters. The summed E-state index contributed by atoms with van der Waals surface area (Å²) < 4.78 is 1.63. The van der Waals surface area contributed by atoms with Crippen LogP contribution in [0.4, 0.5) is 0 Å². The van der Waals surface area contributed by atoms with Gasteiger partial charge in [0.05, 0.1) is 0 Å². The molecule has 4 rings (SSSR count). The number of allylic oxidation sites excluding steroid dienone is 4. The summed E-state index contributed by atoms with van der Waals surface area (Å²) >= 11 is 0. The molecule has 166 valence electrons. The van der Waals surface area contributed by atoms with Gasteiger partial charge >= 0.3 is 5.69 Å². The highest BCUT2D eigenvalue weighted by Gasteiger charge is 2.36. The van der Waals surface area contributed by atoms with Gasteiger partial charge in [0.1, 0.15) is 0 Å². The number of likely N-dealkylation sites (tertiary alicyclic amines) is 1. The van der Waals surface area contributed by atoms with Crippen molar-refractivity contribution in [1.82, 2.24) is 19.7 Å². The molecule has 1 amide bonds. The highest BCUT2D eigenvalue weighted by Crippen LogP contribution is 2.33. The first-order valence-electron chi connectivity index (χ1n) is 11.0. The fraction of sp³-hybridized carbons (Fsp3) is 0.360. The van der Waals surface area contributed by atoms with E-state index in [-0.39, 0.29) is 29.2 Å². The molecule has 0 radical (unpaired) electrons. The second-order valence-electron chi connectivity index (χ2n) is 8.53. The zero-order valence-corrected chi connectivity index (χ0v) is 18.3. The largest absolute Gasteiger partial charge is 0.343 e. The van der Waals surface area contributed by atoms with E-state index in [2.05, 4.69) is 16.8 Å². The van der Waals surface area contributed by atoms with E-state index in [1.807, 2.05) is 35.3 Å². The van der Waals surface area contributed by atoms with Crippen LogP contribution < -0.4 is 5.69 Å². The minimum absolute atomic E-state index is 0.00986. The molecule has 1 atom stereocenters. The Labute approximate surface area is 187 Å². The van der Waals surface area contributed by atoms with Gasteiger partial charge < -0.3 is 4.90 Å². The maximum absolute atomic E-state index is 12.3. The number of H-pyrrole nitrogens is 1. The van der Waals surface area contributed by atoms with Crippen molar-refractivity contribution in [1.29, 1.82) is 0 Å². The number of rotatable bonds is 8. The number of nitrogens with one attached hydrogen (secondary N) is 1. The van der Waals surface area contributed by atoms with Crippen LogP contribution in [0.1, 0.15) is 47.9 Å². The maximum Gasteiger partial charge on any atom is 0.343 e. The van der Waals surface area contributed by atoms with Crippen molar-refractivity contribution in [3.63, 3.8) is 0 Å². The fourth-order valence-corrected chi connectivity index (χ4v) is 4.10. The van der Waals surface area contributed by atoms with Crippen LogP contribution in [0.15, 0.2) is 53.9 Å². The van der Waals surface area contributed by atoms with E-state index in [4.69, 9.17) is 0 Å². The van der Waals surface area contributed by atoms with Crippen LogP contribution in [0.25, 0.3) is 11.6 Å². The Morgan fingerprint density at radius 2 is 2.03 bits per heavy atom. The summed E-state index contributed by atoms with van der Waals surface area (Å²) in [6, 6.07) is 7.39. The molecule has 1 aromatic heterocycles. The van der Waals surface area contributed by atoms with Crippen LogP contribution in [0.5, 0.6) is 0 Å². The standard InChI is InChI=1S/C25H28N4O3/c1-3-19(22-8-4-7-21(14-22)17(2)30)6-5-9-23-26-27-25(32)29(23)16-18-12-13-28(15-18)24(31)20-10-11-20/h3-9,14,18,20H,1,10-13,15-16H2,2H3,(H,27,32). The van der Waals surface area contributed by atoms with Crippen molar-refractivity contribution in [3.05, 3.63) is 76.5 Å². The number of aromatic amines is 1. The van der Waals surface area contributed by atoms with E-state index in [0.29, 0.717) is 24.5 Å². The third-order valence-electron chi connectivity index (χ3n) is 6.10. The fourth-order valence-electron chi connectivity index (χ4n) is 4.10. The minimum Gasteiger partial charge on any atom is -0.342 e. The van der Waals surface area contributed by atoms with E-state index >= 15 is 0 Å². The summed E-state index contributed by atoms with van der Waals surface area (Å²) in [5.74, 6) is 1.29. The molecular formula is C25H28N4O3. The first-order chi connectivity index (χ1) is 15.5. The topological polar surface area (TPSA) is 88.1 Å². The Balaban J connectivity index is 1.46. The van der Waals surface area contributed by atoms with Crippen molar-refractivity contribution >= 4 is 23.3 Å². The molecule has 7 heteroatoms. The van der Waals surface area contributed by atoms with E-state index in [1.165, 1.54) is 0 Å². The number of benzene rings is 1. The first-order valence-corrected chi connectivity index (χ1v) is 11.0. The lowest BCUT2D eigenvalue weighted by molar-refractivity contribution is -0.131. The number of hydrogen-bond acceptors (Lipinski definition) is 4. The lowest BCUT2D eigenvalue weighted by atomic mass is 10.0. The summed E-state index contributed by atoms with van der Waals surface area (Å²) in [5, 5.41) is 6.67. The van der Waals surface area contributed by atoms with Gasteiger partial charge in [0, 0.05) is 31.1 Å². The highest BCUT2D eigenvalue weighted by atomic mass is 16.2. The maximum atomic E-state index is 12.3. The van der Waals surface area contributed by atoms with Crippen LogP contribution in [0, 0.1) is 11.8 Å². The van der Waals surface area contributed by atoms with Crippen LogP contribution in [0.2, 0.25) is 0 Å². The Morgan fingerprint density at radius 1 is 1.25 bits per heavy atom. The molecular weight excluding hydrogens is 404 g/mol. The van der Waals surface area contributed by atoms with Gasteiger partial charge in [-0.2, -0.15) is 5.10 Å². The van der Waals surface area contributed by atoms with Crippen LogP contribution >= 0.6 is 0 Å². The average molecular weight is 433 g/mol. The molecule has 1 aliphatic carbocycles. The van der Waals surface area contributed by atoms with Gasteiger partial charge in [0.2, 0.25) is 5.91 Å². The second-order valence-corrected chi connectivity index (χ2v) is 8.53. The minimum atomic E-state index is -0.251. The average Bonchev–Trinajstić information content (AvgIpc) is 3.45. The van der Waals surface area contributed by atoms with E-state index in [9.17, 15) is 14.4 Å². The summed E-state index contributed by atoms with van der Waals surface area (Å²) in [6.07, 6.45) is 10.1. The van der Waals surface area contributed by atoms with Gasteiger partial charge in [-0.1, -0.05) is 43.0 Å². The summed E-state index contributed by atoms with van der Waals surface area (Å²) in [5.41, 5.74) is 2.15. The predicted octanol–water partition coefficient (Wildman–Crippen LogP) is 3.32. The smallest absolute Gasteiger partial charge is 0.342 e. The molecule has 7 nitrogen and oxygen atoms in total. The lowest BCUT2D eigenvalue weighted by Gasteiger charge is -2.16. The molecule has 0 spiro atoms. The normalized spacial score (nSPS) is 19.0. The third-order valence-corrected chi connectivity index (χ3v) is 6.10. The SMILES string of the molecule is C=CC(=CC=Cc1n[nH]c(=O)n1CC1CCN(C(=O)C2CC2)C1)c1cccc(C(C)=O)c1. The number of nitrogens with zero attached hydrogens (tertiary/aromatic N) is 3. The number of carbonyl (C=O) groups is 2. The van der Waals surface area contributed by atoms with Crippen molar-refractivity contribution in [2.24, 2.45) is 11.8 Å². The Bertz CT molecular complexity index is 1150. The Kier molecular flexibility index (Phi) is 6.35. The van der Waals surface area contributed by atoms with Gasteiger partial charge in [0.15, 0.2) is 11.6 Å². The van der Waals surface area contributed by atoms with E-state index in [0.717, 1.165) is 36.9 Å². The number of aromatic nitrogens is 3. The van der Waals surface area contributed by atoms with Gasteiger partial charge in [-0.25, -0.2) is 9.89 Å². The van der Waals surface area contributed by atoms with E-state index in [1.54, 1.807) is 29.7 Å². The third kappa shape index (κ3) is 4.88. The first kappa shape index (κ1) is 21.7. The van der Waals surface area contributed by atoms with Gasteiger partial charge in [0.25, 0.3) is 0 Å². The molecule has 1 aromatic carbocycles. The number of Topliss-reactive ketones (excluding diaryl/α,β-unsaturated/α-hetero) is 1. The molecule has 1 N–H and O–H groups in total. The molecule has 2 heterocycles. The Hall–Kier alpha value is -3.48. The van der Waals surface area contributed by atoms with Crippen molar-refractivity contribution in [2.75, 3.05) is 13.1 Å². The van der Waals surface area contributed by atoms with Crippen LogP contribution in [-0.4, -0.2) is 44.4 Å². The zero-order valence-electron chi connectivity index (χ0n) is 18.3. The number of amides is 1. The molecule has 2 aromatic rings. The Morgan fingerprint density at radius 3 is 2.75 bits per heavy atom. The molecule has 1 saturated heterocycles. The second kappa shape index (κ2) is 9.34. The lowest BCUT2D eigenvalue weighted by Crippen LogP contribution is -2.31. The number of carbonyl (C=O) groups excluding carboxylic acids is 2. The van der Waals surface area contributed by atoms with Gasteiger partial charge in [-0.3, -0.25) is 14.2 Å².